The van der Waals surface area contributed by atoms with E-state index >= 15 is 0 Å². The number of benzene rings is 1. The molecule has 0 fully saturated rings. The van der Waals surface area contributed by atoms with Crippen molar-refractivity contribution in [1.82, 2.24) is 0 Å². The van der Waals surface area contributed by atoms with Gasteiger partial charge in [-0.1, -0.05) is 30.3 Å². The highest BCUT2D eigenvalue weighted by atomic mass is 32.2. The van der Waals surface area contributed by atoms with Gasteiger partial charge >= 0.3 is 0 Å². The number of rotatable bonds is 5. The zero-order valence-electron chi connectivity index (χ0n) is 11.1. The van der Waals surface area contributed by atoms with Crippen molar-refractivity contribution in [3.8, 4) is 0 Å². The van der Waals surface area contributed by atoms with E-state index in [1.165, 1.54) is 16.9 Å². The number of hydrogen-bond donors (Lipinski definition) is 1. The van der Waals surface area contributed by atoms with Crippen molar-refractivity contribution in [2.24, 2.45) is 5.73 Å². The fourth-order valence-corrected chi connectivity index (χ4v) is 3.17. The standard InChI is InChI=1S/C15H20FNOS/c1-18-15(14(17)10-16)13-4-2-11(3-5-13)12-6-8-19-9-7-12/h2-6,14-15H,7-10,17H2,1H3/t14-,15-/m1/s1. The molecule has 0 saturated carbocycles. The highest BCUT2D eigenvalue weighted by Gasteiger charge is 2.19. The Morgan fingerprint density at radius 2 is 2.11 bits per heavy atom. The maximum Gasteiger partial charge on any atom is 0.107 e. The number of allylic oxidation sites excluding steroid dienone is 1. The molecule has 0 aliphatic carbocycles. The van der Waals surface area contributed by atoms with E-state index in [2.05, 4.69) is 18.2 Å². The highest BCUT2D eigenvalue weighted by Crippen LogP contribution is 2.28. The molecule has 1 aliphatic heterocycles. The zero-order chi connectivity index (χ0) is 13.7. The predicted molar refractivity (Wildman–Crippen MR) is 80.1 cm³/mol. The molecule has 19 heavy (non-hydrogen) atoms. The van der Waals surface area contributed by atoms with Crippen LogP contribution in [0.5, 0.6) is 0 Å². The molecule has 4 heteroatoms. The molecule has 1 aromatic carbocycles. The fraction of sp³-hybridized carbons (Fsp3) is 0.467. The SMILES string of the molecule is CO[C@H](c1ccc(C2=CCSCC2)cc1)[C@H](N)CF. The van der Waals surface area contributed by atoms with Crippen molar-refractivity contribution in [3.63, 3.8) is 0 Å². The van der Waals surface area contributed by atoms with Gasteiger partial charge in [0.2, 0.25) is 0 Å². The summed E-state index contributed by atoms with van der Waals surface area (Å²) in [5, 5.41) is 0. The molecule has 1 heterocycles. The first-order chi connectivity index (χ1) is 9.26. The lowest BCUT2D eigenvalue weighted by Gasteiger charge is -2.21. The molecular formula is C15H20FNOS. The van der Waals surface area contributed by atoms with Gasteiger partial charge in [0.05, 0.1) is 12.1 Å². The van der Waals surface area contributed by atoms with Crippen LogP contribution in [0.1, 0.15) is 23.7 Å². The first kappa shape index (κ1) is 14.6. The van der Waals surface area contributed by atoms with Crippen LogP contribution in [0.25, 0.3) is 5.57 Å². The van der Waals surface area contributed by atoms with E-state index in [9.17, 15) is 4.39 Å². The number of ether oxygens (including phenoxy) is 1. The Morgan fingerprint density at radius 1 is 1.37 bits per heavy atom. The van der Waals surface area contributed by atoms with Crippen LogP contribution in [0.3, 0.4) is 0 Å². The third kappa shape index (κ3) is 3.59. The number of halogens is 1. The van der Waals surface area contributed by atoms with E-state index in [0.717, 1.165) is 17.7 Å². The van der Waals surface area contributed by atoms with Crippen molar-refractivity contribution in [3.05, 3.63) is 41.5 Å². The Morgan fingerprint density at radius 3 is 2.63 bits per heavy atom. The minimum Gasteiger partial charge on any atom is -0.375 e. The highest BCUT2D eigenvalue weighted by molar-refractivity contribution is 7.99. The summed E-state index contributed by atoms with van der Waals surface area (Å²) >= 11 is 1.96. The Kier molecular flexibility index (Phi) is 5.43. The van der Waals surface area contributed by atoms with Gasteiger partial charge in [-0.25, -0.2) is 4.39 Å². The van der Waals surface area contributed by atoms with Crippen LogP contribution < -0.4 is 5.73 Å². The molecule has 1 aliphatic rings. The van der Waals surface area contributed by atoms with Crippen LogP contribution in [-0.2, 0) is 4.74 Å². The summed E-state index contributed by atoms with van der Waals surface area (Å²) in [6.07, 6.45) is 3.02. The van der Waals surface area contributed by atoms with Crippen molar-refractivity contribution in [2.75, 3.05) is 25.3 Å². The molecule has 0 amide bonds. The van der Waals surface area contributed by atoms with Crippen molar-refractivity contribution in [2.45, 2.75) is 18.6 Å². The van der Waals surface area contributed by atoms with Gasteiger partial charge in [-0.05, 0) is 28.9 Å². The molecule has 0 spiro atoms. The molecule has 0 radical (unpaired) electrons. The Labute approximate surface area is 118 Å². The van der Waals surface area contributed by atoms with E-state index in [1.54, 1.807) is 7.11 Å². The summed E-state index contributed by atoms with van der Waals surface area (Å²) < 4.78 is 18.0. The monoisotopic (exact) mass is 281 g/mol. The second-order valence-electron chi connectivity index (χ2n) is 4.65. The molecule has 0 bridgehead atoms. The summed E-state index contributed by atoms with van der Waals surface area (Å²) in [5.41, 5.74) is 9.30. The molecule has 2 atom stereocenters. The van der Waals surface area contributed by atoms with Gasteiger partial charge in [-0.2, -0.15) is 11.8 Å². The van der Waals surface area contributed by atoms with Gasteiger partial charge in [-0.3, -0.25) is 0 Å². The van der Waals surface area contributed by atoms with Crippen molar-refractivity contribution < 1.29 is 9.13 Å². The van der Waals surface area contributed by atoms with E-state index < -0.39 is 12.7 Å². The number of hydrogen-bond acceptors (Lipinski definition) is 3. The van der Waals surface area contributed by atoms with Gasteiger partial charge in [-0.15, -0.1) is 0 Å². The predicted octanol–water partition coefficient (Wildman–Crippen LogP) is 3.19. The lowest BCUT2D eigenvalue weighted by Crippen LogP contribution is -2.31. The van der Waals surface area contributed by atoms with Gasteiger partial charge < -0.3 is 10.5 Å². The van der Waals surface area contributed by atoms with Gasteiger partial charge in [0.25, 0.3) is 0 Å². The lowest BCUT2D eigenvalue weighted by atomic mass is 9.98. The minimum absolute atomic E-state index is 0.380. The maximum absolute atomic E-state index is 12.7. The van der Waals surface area contributed by atoms with Crippen LogP contribution in [0.15, 0.2) is 30.3 Å². The molecule has 2 rings (SSSR count). The van der Waals surface area contributed by atoms with Crippen LogP contribution >= 0.6 is 11.8 Å². The number of methoxy groups -OCH3 is 1. The van der Waals surface area contributed by atoms with Crippen molar-refractivity contribution >= 4 is 17.3 Å². The number of nitrogens with two attached hydrogens (primary N) is 1. The molecule has 2 nitrogen and oxygen atoms in total. The second kappa shape index (κ2) is 7.08. The van der Waals surface area contributed by atoms with Crippen LogP contribution in [0.4, 0.5) is 4.39 Å². The Hall–Kier alpha value is -0.840. The summed E-state index contributed by atoms with van der Waals surface area (Å²) in [4.78, 5) is 0. The van der Waals surface area contributed by atoms with Gasteiger partial charge in [0.1, 0.15) is 6.67 Å². The summed E-state index contributed by atoms with van der Waals surface area (Å²) in [6, 6.07) is 7.52. The quantitative estimate of drug-likeness (QED) is 0.900. The third-order valence-corrected chi connectivity index (χ3v) is 4.29. The third-order valence-electron chi connectivity index (χ3n) is 3.39. The molecule has 0 saturated heterocycles. The molecule has 1 aromatic rings. The smallest absolute Gasteiger partial charge is 0.107 e. The van der Waals surface area contributed by atoms with Crippen LogP contribution in [0.2, 0.25) is 0 Å². The van der Waals surface area contributed by atoms with E-state index in [-0.39, 0.29) is 6.10 Å². The normalized spacial score (nSPS) is 18.8. The maximum atomic E-state index is 12.7. The topological polar surface area (TPSA) is 35.2 Å². The van der Waals surface area contributed by atoms with Gasteiger partial charge in [0, 0.05) is 12.9 Å². The summed E-state index contributed by atoms with van der Waals surface area (Å²) in [7, 11) is 1.56. The second-order valence-corrected chi connectivity index (χ2v) is 5.80. The Balaban J connectivity index is 2.15. The van der Waals surface area contributed by atoms with E-state index in [0.29, 0.717) is 0 Å². The first-order valence-electron chi connectivity index (χ1n) is 6.47. The fourth-order valence-electron chi connectivity index (χ4n) is 2.32. The van der Waals surface area contributed by atoms with Crippen LogP contribution in [-0.4, -0.2) is 31.3 Å². The first-order valence-corrected chi connectivity index (χ1v) is 7.63. The summed E-state index contributed by atoms with van der Waals surface area (Å²) in [5.74, 6) is 2.27. The largest absolute Gasteiger partial charge is 0.375 e. The van der Waals surface area contributed by atoms with Crippen LogP contribution in [0, 0.1) is 0 Å². The molecule has 0 unspecified atom stereocenters. The average Bonchev–Trinajstić information content (AvgIpc) is 2.49. The number of alkyl halides is 1. The zero-order valence-corrected chi connectivity index (χ0v) is 12.0. The summed E-state index contributed by atoms with van der Waals surface area (Å²) in [6.45, 7) is -0.581. The van der Waals surface area contributed by atoms with Gasteiger partial charge in [0.15, 0.2) is 0 Å². The lowest BCUT2D eigenvalue weighted by molar-refractivity contribution is 0.0721. The molecule has 2 N–H and O–H groups in total. The average molecular weight is 281 g/mol. The molecule has 0 aromatic heterocycles. The van der Waals surface area contributed by atoms with Crippen molar-refractivity contribution in [1.29, 1.82) is 0 Å². The molecular weight excluding hydrogens is 261 g/mol. The van der Waals surface area contributed by atoms with E-state index in [4.69, 9.17) is 10.5 Å². The Bertz CT molecular complexity index is 432. The minimum atomic E-state index is -0.610. The molecule has 104 valence electrons. The van der Waals surface area contributed by atoms with E-state index in [1.807, 2.05) is 23.9 Å². The number of thioether (sulfide) groups is 1.